The first-order valence-corrected chi connectivity index (χ1v) is 3.38. The second kappa shape index (κ2) is 3.53. The highest BCUT2D eigenvalue weighted by Crippen LogP contribution is 2.01. The van der Waals surface area contributed by atoms with Gasteiger partial charge in [0.2, 0.25) is 0 Å². The van der Waals surface area contributed by atoms with Gasteiger partial charge in [-0.15, -0.1) is 0 Å². The molecule has 0 aromatic rings. The summed E-state index contributed by atoms with van der Waals surface area (Å²) >= 11 is 0. The topological polar surface area (TPSA) is 63.4 Å². The standard InChI is InChI=1S/C6H11N2O2/c9-6(10)3-5-1-2-7-4-8-5/h5,7H,1-4H2,(H,9,10). The minimum atomic E-state index is -0.754. The molecule has 1 rings (SSSR count). The Morgan fingerprint density at radius 1 is 1.80 bits per heavy atom. The molecule has 0 amide bonds. The fourth-order valence-electron chi connectivity index (χ4n) is 1.00. The van der Waals surface area contributed by atoms with Crippen LogP contribution in [-0.2, 0) is 4.79 Å². The molecule has 0 bridgehead atoms. The molecule has 1 heterocycles. The maximum Gasteiger partial charge on any atom is 0.304 e. The van der Waals surface area contributed by atoms with Crippen LogP contribution in [0.25, 0.3) is 0 Å². The third-order valence-corrected chi connectivity index (χ3v) is 1.53. The largest absolute Gasteiger partial charge is 0.481 e. The molecule has 1 saturated heterocycles. The second-order valence-electron chi connectivity index (χ2n) is 2.38. The molecule has 1 unspecified atom stereocenters. The van der Waals surface area contributed by atoms with Crippen LogP contribution in [0.15, 0.2) is 0 Å². The maximum absolute atomic E-state index is 10.2. The lowest BCUT2D eigenvalue weighted by Gasteiger charge is -2.20. The Morgan fingerprint density at radius 3 is 3.10 bits per heavy atom. The Labute approximate surface area is 59.6 Å². The van der Waals surface area contributed by atoms with Crippen molar-refractivity contribution in [2.45, 2.75) is 18.9 Å². The Bertz CT molecular complexity index is 121. The van der Waals surface area contributed by atoms with Crippen molar-refractivity contribution in [1.82, 2.24) is 10.6 Å². The summed E-state index contributed by atoms with van der Waals surface area (Å²) in [6.07, 6.45) is 1.04. The van der Waals surface area contributed by atoms with Gasteiger partial charge in [-0.1, -0.05) is 0 Å². The zero-order valence-corrected chi connectivity index (χ0v) is 5.71. The molecule has 1 fully saturated rings. The summed E-state index contributed by atoms with van der Waals surface area (Å²) in [5.74, 6) is -0.754. The van der Waals surface area contributed by atoms with Crippen molar-refractivity contribution >= 4 is 5.97 Å². The molecular weight excluding hydrogens is 132 g/mol. The van der Waals surface area contributed by atoms with Crippen LogP contribution in [0.1, 0.15) is 12.8 Å². The Morgan fingerprint density at radius 2 is 2.60 bits per heavy atom. The van der Waals surface area contributed by atoms with E-state index in [0.717, 1.165) is 13.0 Å². The van der Waals surface area contributed by atoms with Gasteiger partial charge >= 0.3 is 5.97 Å². The summed E-state index contributed by atoms with van der Waals surface area (Å²) in [5, 5.41) is 15.5. The zero-order valence-electron chi connectivity index (χ0n) is 5.71. The highest BCUT2D eigenvalue weighted by molar-refractivity contribution is 5.67. The third kappa shape index (κ3) is 2.33. The van der Waals surface area contributed by atoms with E-state index in [0.29, 0.717) is 6.67 Å². The van der Waals surface area contributed by atoms with Crippen molar-refractivity contribution in [3.8, 4) is 0 Å². The predicted octanol–water partition coefficient (Wildman–Crippen LogP) is -0.615. The molecule has 2 N–H and O–H groups in total. The van der Waals surface area contributed by atoms with Crippen LogP contribution in [0.5, 0.6) is 0 Å². The minimum Gasteiger partial charge on any atom is -0.481 e. The number of nitrogens with one attached hydrogen (secondary N) is 1. The molecule has 10 heavy (non-hydrogen) atoms. The quantitative estimate of drug-likeness (QED) is 0.541. The van der Waals surface area contributed by atoms with E-state index >= 15 is 0 Å². The van der Waals surface area contributed by atoms with Crippen molar-refractivity contribution in [2.24, 2.45) is 0 Å². The first kappa shape index (κ1) is 7.50. The van der Waals surface area contributed by atoms with Crippen molar-refractivity contribution in [3.05, 3.63) is 0 Å². The highest BCUT2D eigenvalue weighted by atomic mass is 16.4. The average Bonchev–Trinajstić information content (AvgIpc) is 1.88. The van der Waals surface area contributed by atoms with Gasteiger partial charge in [-0.3, -0.25) is 4.79 Å². The van der Waals surface area contributed by atoms with Crippen molar-refractivity contribution < 1.29 is 9.90 Å². The van der Waals surface area contributed by atoms with Crippen LogP contribution in [0.3, 0.4) is 0 Å². The number of hydrogen-bond donors (Lipinski definition) is 2. The van der Waals surface area contributed by atoms with E-state index in [1.54, 1.807) is 0 Å². The molecule has 4 heteroatoms. The summed E-state index contributed by atoms with van der Waals surface area (Å²) in [4.78, 5) is 10.2. The number of carboxylic acid groups (broad SMARTS) is 1. The van der Waals surface area contributed by atoms with E-state index in [1.165, 1.54) is 0 Å². The van der Waals surface area contributed by atoms with Gasteiger partial charge in [-0.25, -0.2) is 5.32 Å². The Balaban J connectivity index is 2.19. The van der Waals surface area contributed by atoms with Gasteiger partial charge in [-0.05, 0) is 13.0 Å². The molecule has 0 spiro atoms. The summed E-state index contributed by atoms with van der Waals surface area (Å²) in [6.45, 7) is 1.50. The Hall–Kier alpha value is -0.610. The van der Waals surface area contributed by atoms with E-state index in [2.05, 4.69) is 10.6 Å². The van der Waals surface area contributed by atoms with Crippen LogP contribution in [0.4, 0.5) is 0 Å². The molecule has 0 aromatic carbocycles. The highest BCUT2D eigenvalue weighted by Gasteiger charge is 2.15. The summed E-state index contributed by atoms with van der Waals surface area (Å²) < 4.78 is 0. The van der Waals surface area contributed by atoms with Crippen LogP contribution in [0, 0.1) is 0 Å². The molecule has 57 valence electrons. The van der Waals surface area contributed by atoms with E-state index < -0.39 is 5.97 Å². The van der Waals surface area contributed by atoms with Gasteiger partial charge in [0.1, 0.15) is 0 Å². The molecule has 0 saturated carbocycles. The molecule has 0 aliphatic carbocycles. The van der Waals surface area contributed by atoms with Crippen molar-refractivity contribution in [2.75, 3.05) is 13.2 Å². The number of aliphatic carboxylic acids is 1. The van der Waals surface area contributed by atoms with E-state index in [-0.39, 0.29) is 12.5 Å². The lowest BCUT2D eigenvalue weighted by Crippen LogP contribution is -2.40. The summed E-state index contributed by atoms with van der Waals surface area (Å²) in [5.41, 5.74) is 0. The minimum absolute atomic E-state index is 0.0405. The van der Waals surface area contributed by atoms with Gasteiger partial charge in [-0.2, -0.15) is 0 Å². The zero-order chi connectivity index (χ0) is 7.40. The van der Waals surface area contributed by atoms with Gasteiger partial charge in [0.25, 0.3) is 0 Å². The lowest BCUT2D eigenvalue weighted by molar-refractivity contribution is -0.137. The van der Waals surface area contributed by atoms with Gasteiger partial charge < -0.3 is 10.4 Å². The summed E-state index contributed by atoms with van der Waals surface area (Å²) in [7, 11) is 0. The average molecular weight is 143 g/mol. The number of nitrogens with zero attached hydrogens (tertiary/aromatic N) is 1. The maximum atomic E-state index is 10.2. The molecular formula is C6H11N2O2. The summed E-state index contributed by atoms with van der Waals surface area (Å²) in [6, 6.07) is 0.0405. The normalized spacial score (nSPS) is 26.2. The first-order chi connectivity index (χ1) is 4.79. The number of hydrogen-bond acceptors (Lipinski definition) is 2. The van der Waals surface area contributed by atoms with Crippen LogP contribution >= 0.6 is 0 Å². The Kier molecular flexibility index (Phi) is 2.65. The SMILES string of the molecule is O=C(O)CC1CCNC[N]1. The van der Waals surface area contributed by atoms with Gasteiger partial charge in [0.05, 0.1) is 13.1 Å². The molecule has 4 nitrogen and oxygen atoms in total. The second-order valence-corrected chi connectivity index (χ2v) is 2.38. The van der Waals surface area contributed by atoms with Crippen LogP contribution in [0.2, 0.25) is 0 Å². The van der Waals surface area contributed by atoms with Crippen molar-refractivity contribution in [3.63, 3.8) is 0 Å². The van der Waals surface area contributed by atoms with Gasteiger partial charge in [0, 0.05) is 6.04 Å². The lowest BCUT2D eigenvalue weighted by atomic mass is 10.1. The fourth-order valence-corrected chi connectivity index (χ4v) is 1.00. The fraction of sp³-hybridized carbons (Fsp3) is 0.833. The van der Waals surface area contributed by atoms with Crippen molar-refractivity contribution in [1.29, 1.82) is 0 Å². The molecule has 1 atom stereocenters. The first-order valence-electron chi connectivity index (χ1n) is 3.38. The third-order valence-electron chi connectivity index (χ3n) is 1.53. The van der Waals surface area contributed by atoms with Crippen LogP contribution in [-0.4, -0.2) is 30.3 Å². The molecule has 0 aromatic heterocycles. The number of carbonyl (C=O) groups is 1. The molecule has 1 aliphatic heterocycles. The van der Waals surface area contributed by atoms with E-state index in [9.17, 15) is 4.79 Å². The molecule has 1 radical (unpaired) electrons. The number of rotatable bonds is 2. The van der Waals surface area contributed by atoms with Gasteiger partial charge in [0.15, 0.2) is 0 Å². The smallest absolute Gasteiger partial charge is 0.304 e. The monoisotopic (exact) mass is 143 g/mol. The van der Waals surface area contributed by atoms with E-state index in [4.69, 9.17) is 5.11 Å². The van der Waals surface area contributed by atoms with E-state index in [1.807, 2.05) is 0 Å². The number of carboxylic acids is 1. The molecule has 1 aliphatic rings. The predicted molar refractivity (Wildman–Crippen MR) is 35.7 cm³/mol. The van der Waals surface area contributed by atoms with Crippen LogP contribution < -0.4 is 10.6 Å².